The molecule has 0 amide bonds. The minimum absolute atomic E-state index is 0.741. The van der Waals surface area contributed by atoms with Crippen LogP contribution in [-0.2, 0) is 9.53 Å². The Morgan fingerprint density at radius 2 is 1.14 bits per heavy atom. The smallest absolute Gasteiger partial charge is 0.431 e. The van der Waals surface area contributed by atoms with Crippen molar-refractivity contribution in [1.82, 2.24) is 0 Å². The molecule has 0 rings (SSSR count). The molecule has 0 bridgehead atoms. The number of esters is 1. The summed E-state index contributed by atoms with van der Waals surface area (Å²) in [6.45, 7) is -0.353. The van der Waals surface area contributed by atoms with Gasteiger partial charge in [0.1, 0.15) is 0 Å². The highest BCUT2D eigenvalue weighted by Gasteiger charge is 2.74. The largest absolute Gasteiger partial charge is 0.466 e. The summed E-state index contributed by atoms with van der Waals surface area (Å²) in [4.78, 5) is 10.5. The fourth-order valence-corrected chi connectivity index (χ4v) is 2.17. The Hall–Kier alpha value is -1.44. The Kier molecular flexibility index (Phi) is 8.07. The Balaban J connectivity index is 5.81. The lowest BCUT2D eigenvalue weighted by Gasteiger charge is -2.35. The molecule has 2 atom stereocenters. The van der Waals surface area contributed by atoms with Crippen LogP contribution in [0.1, 0.15) is 26.2 Å². The minimum atomic E-state index is -6.85. The first kappa shape index (κ1) is 26.6. The van der Waals surface area contributed by atoms with E-state index in [1.165, 1.54) is 0 Å². The molecule has 28 heavy (non-hydrogen) atoms. The third-order valence-corrected chi connectivity index (χ3v) is 3.69. The van der Waals surface area contributed by atoms with Gasteiger partial charge in [-0.15, -0.1) is 0 Å². The van der Waals surface area contributed by atoms with Gasteiger partial charge in [0.15, 0.2) is 0 Å². The van der Waals surface area contributed by atoms with E-state index in [0.717, 1.165) is 6.92 Å². The molecule has 2 nitrogen and oxygen atoms in total. The van der Waals surface area contributed by atoms with Crippen molar-refractivity contribution >= 4 is 5.97 Å². The molecule has 0 aromatic heterocycles. The van der Waals surface area contributed by atoms with Crippen LogP contribution in [0, 0.1) is 11.8 Å². The van der Waals surface area contributed by atoms with Gasteiger partial charge >= 0.3 is 30.7 Å². The van der Waals surface area contributed by atoms with E-state index in [1.807, 2.05) is 0 Å². The van der Waals surface area contributed by atoms with Crippen molar-refractivity contribution in [2.75, 3.05) is 6.61 Å². The van der Waals surface area contributed by atoms with Gasteiger partial charge in [0.25, 0.3) is 5.67 Å². The van der Waals surface area contributed by atoms with Crippen molar-refractivity contribution in [3.8, 4) is 0 Å². The van der Waals surface area contributed by atoms with Crippen LogP contribution in [0.2, 0.25) is 0 Å². The fraction of sp³-hybridized carbons (Fsp3) is 0.923. The normalized spacial score (nSPS) is 16.6. The molecular formula is C13H13F13O2. The molecular weight excluding hydrogens is 435 g/mol. The number of carbonyl (C=O) groups is 1. The molecule has 0 aromatic rings. The van der Waals surface area contributed by atoms with Crippen LogP contribution < -0.4 is 0 Å². The minimum Gasteiger partial charge on any atom is -0.466 e. The number of rotatable bonds is 7. The SMILES string of the molecule is CC(=O)OCCC(CC(CC(F)(C(F)(F)F)C(F)(F)F)C(F)(F)F)C(F)(F)F. The van der Waals surface area contributed by atoms with Crippen LogP contribution in [0.5, 0.6) is 0 Å². The lowest BCUT2D eigenvalue weighted by molar-refractivity contribution is -0.353. The standard InChI is InChI=1S/C13H13F13O2/c1-6(27)28-3-2-7(10(15,16)17)4-8(11(18,19)20)5-9(14,12(21,22)23)13(24,25)26/h7-8H,2-5H2,1H3. The van der Waals surface area contributed by atoms with Gasteiger partial charge in [0, 0.05) is 13.3 Å². The number of alkyl halides is 13. The number of carbonyl (C=O) groups excluding carboxylic acids is 1. The lowest BCUT2D eigenvalue weighted by atomic mass is 9.83. The van der Waals surface area contributed by atoms with E-state index < -0.39 is 74.0 Å². The predicted molar refractivity (Wildman–Crippen MR) is 65.5 cm³/mol. The van der Waals surface area contributed by atoms with Crippen LogP contribution in [0.4, 0.5) is 57.1 Å². The topological polar surface area (TPSA) is 26.3 Å². The number of hydrogen-bond acceptors (Lipinski definition) is 2. The fourth-order valence-electron chi connectivity index (χ4n) is 2.17. The van der Waals surface area contributed by atoms with Crippen molar-refractivity contribution in [2.45, 2.75) is 56.6 Å². The van der Waals surface area contributed by atoms with Gasteiger partial charge < -0.3 is 4.74 Å². The van der Waals surface area contributed by atoms with Crippen molar-refractivity contribution in [3.63, 3.8) is 0 Å². The first-order chi connectivity index (χ1) is 12.1. The van der Waals surface area contributed by atoms with E-state index >= 15 is 0 Å². The average Bonchev–Trinajstić information content (AvgIpc) is 2.39. The zero-order chi connectivity index (χ0) is 22.8. The van der Waals surface area contributed by atoms with Gasteiger partial charge in [0.2, 0.25) is 0 Å². The van der Waals surface area contributed by atoms with Crippen LogP contribution in [0.15, 0.2) is 0 Å². The van der Waals surface area contributed by atoms with Gasteiger partial charge in [-0.05, 0) is 12.8 Å². The number of hydrogen-bond donors (Lipinski definition) is 0. The van der Waals surface area contributed by atoms with Gasteiger partial charge in [0.05, 0.1) is 18.4 Å². The molecule has 0 aromatic carbocycles. The first-order valence-corrected chi connectivity index (χ1v) is 7.22. The Bertz CT molecular complexity index is 500. The average molecular weight is 448 g/mol. The second-order valence-electron chi connectivity index (χ2n) is 5.84. The zero-order valence-corrected chi connectivity index (χ0v) is 13.7. The van der Waals surface area contributed by atoms with E-state index in [1.54, 1.807) is 0 Å². The van der Waals surface area contributed by atoms with Gasteiger partial charge in [-0.25, -0.2) is 4.39 Å². The molecule has 0 N–H and O–H groups in total. The molecule has 0 aliphatic rings. The van der Waals surface area contributed by atoms with Crippen molar-refractivity contribution in [2.24, 2.45) is 11.8 Å². The van der Waals surface area contributed by atoms with Crippen molar-refractivity contribution < 1.29 is 66.6 Å². The number of ether oxygens (including phenoxy) is 1. The molecule has 0 aliphatic carbocycles. The molecule has 0 radical (unpaired) electrons. The summed E-state index contributed by atoms with van der Waals surface area (Å²) in [6.07, 6.45) is -32.2. The molecule has 0 aliphatic heterocycles. The number of halogens is 13. The summed E-state index contributed by atoms with van der Waals surface area (Å²) in [7, 11) is 0. The summed E-state index contributed by atoms with van der Waals surface area (Å²) in [6, 6.07) is 0. The van der Waals surface area contributed by atoms with E-state index in [9.17, 15) is 61.9 Å². The van der Waals surface area contributed by atoms with Crippen LogP contribution >= 0.6 is 0 Å². The second-order valence-corrected chi connectivity index (χ2v) is 5.84. The molecule has 0 heterocycles. The Labute approximate surface area is 149 Å². The maximum absolute atomic E-state index is 13.6. The summed E-state index contributed by atoms with van der Waals surface area (Å²) < 4.78 is 170. The lowest BCUT2D eigenvalue weighted by Crippen LogP contribution is -2.55. The Morgan fingerprint density at radius 1 is 0.750 bits per heavy atom. The second kappa shape index (κ2) is 8.51. The molecule has 0 fully saturated rings. The van der Waals surface area contributed by atoms with E-state index in [4.69, 9.17) is 0 Å². The molecule has 0 spiro atoms. The molecule has 168 valence electrons. The Morgan fingerprint density at radius 3 is 1.43 bits per heavy atom. The maximum atomic E-state index is 13.6. The highest BCUT2D eigenvalue weighted by molar-refractivity contribution is 5.65. The summed E-state index contributed by atoms with van der Waals surface area (Å²) in [5.41, 5.74) is -6.37. The molecule has 0 saturated heterocycles. The molecule has 15 heteroatoms. The van der Waals surface area contributed by atoms with Gasteiger partial charge in [-0.1, -0.05) is 0 Å². The van der Waals surface area contributed by atoms with Crippen molar-refractivity contribution in [3.05, 3.63) is 0 Å². The van der Waals surface area contributed by atoms with Crippen molar-refractivity contribution in [1.29, 1.82) is 0 Å². The first-order valence-electron chi connectivity index (χ1n) is 7.22. The third-order valence-electron chi connectivity index (χ3n) is 3.69. The third kappa shape index (κ3) is 7.18. The summed E-state index contributed by atoms with van der Waals surface area (Å²) >= 11 is 0. The van der Waals surface area contributed by atoms with Gasteiger partial charge in [-0.3, -0.25) is 4.79 Å². The van der Waals surface area contributed by atoms with E-state index in [0.29, 0.717) is 0 Å². The zero-order valence-electron chi connectivity index (χ0n) is 13.7. The van der Waals surface area contributed by atoms with Crippen LogP contribution in [0.25, 0.3) is 0 Å². The maximum Gasteiger partial charge on any atom is 0.431 e. The van der Waals surface area contributed by atoms with Crippen LogP contribution in [0.3, 0.4) is 0 Å². The summed E-state index contributed by atoms with van der Waals surface area (Å²) in [5.74, 6) is -8.14. The molecule has 0 saturated carbocycles. The molecule has 2 unspecified atom stereocenters. The van der Waals surface area contributed by atoms with Crippen LogP contribution in [-0.4, -0.2) is 43.0 Å². The van der Waals surface area contributed by atoms with E-state index in [-0.39, 0.29) is 0 Å². The predicted octanol–water partition coefficient (Wildman–Crippen LogP) is 5.91. The monoisotopic (exact) mass is 448 g/mol. The highest BCUT2D eigenvalue weighted by Crippen LogP contribution is 2.53. The highest BCUT2D eigenvalue weighted by atomic mass is 19.4. The summed E-state index contributed by atoms with van der Waals surface area (Å²) in [5, 5.41) is 0. The van der Waals surface area contributed by atoms with Gasteiger partial charge in [-0.2, -0.15) is 52.7 Å². The quantitative estimate of drug-likeness (QED) is 0.358. The van der Waals surface area contributed by atoms with E-state index in [2.05, 4.69) is 4.74 Å².